The Labute approximate surface area is 71.1 Å². The van der Waals surface area contributed by atoms with Crippen LogP contribution in [0.2, 0.25) is 0 Å². The lowest BCUT2D eigenvalue weighted by Crippen LogP contribution is -1.96. The molecule has 3 heteroatoms. The first-order chi connectivity index (χ1) is 5.72. The van der Waals surface area contributed by atoms with Crippen LogP contribution in [0, 0.1) is 5.82 Å². The standard InChI is InChI=1S/C9H12FNO/c1-12-3-2-7-4-8(10)6-9(11)5-7/h4-6H,2-3,11H2,1H3. The first-order valence-electron chi connectivity index (χ1n) is 3.76. The lowest BCUT2D eigenvalue weighted by Gasteiger charge is -2.01. The monoisotopic (exact) mass is 169 g/mol. The molecule has 0 atom stereocenters. The van der Waals surface area contributed by atoms with Crippen LogP contribution < -0.4 is 5.73 Å². The van der Waals surface area contributed by atoms with E-state index in [1.54, 1.807) is 13.2 Å². The van der Waals surface area contributed by atoms with Crippen LogP contribution in [0.25, 0.3) is 0 Å². The summed E-state index contributed by atoms with van der Waals surface area (Å²) in [6, 6.07) is 4.52. The van der Waals surface area contributed by atoms with Gasteiger partial charge in [-0.25, -0.2) is 4.39 Å². The van der Waals surface area contributed by atoms with Crippen LogP contribution in [0.1, 0.15) is 5.56 Å². The zero-order valence-corrected chi connectivity index (χ0v) is 7.01. The average Bonchev–Trinajstić information content (AvgIpc) is 1.99. The van der Waals surface area contributed by atoms with E-state index >= 15 is 0 Å². The van der Waals surface area contributed by atoms with Gasteiger partial charge in [0.15, 0.2) is 0 Å². The Morgan fingerprint density at radius 3 is 2.75 bits per heavy atom. The first-order valence-corrected chi connectivity index (χ1v) is 3.76. The summed E-state index contributed by atoms with van der Waals surface area (Å²) in [6.07, 6.45) is 0.693. The van der Waals surface area contributed by atoms with Crippen LogP contribution in [0.5, 0.6) is 0 Å². The molecule has 0 saturated heterocycles. The van der Waals surface area contributed by atoms with Gasteiger partial charge in [-0.15, -0.1) is 0 Å². The zero-order chi connectivity index (χ0) is 8.97. The molecule has 0 heterocycles. The van der Waals surface area contributed by atoms with Gasteiger partial charge in [0.1, 0.15) is 5.82 Å². The fourth-order valence-corrected chi connectivity index (χ4v) is 1.04. The van der Waals surface area contributed by atoms with E-state index in [0.717, 1.165) is 5.56 Å². The van der Waals surface area contributed by atoms with Crippen LogP contribution >= 0.6 is 0 Å². The average molecular weight is 169 g/mol. The molecule has 1 aromatic rings. The Hall–Kier alpha value is -1.09. The number of nitrogens with two attached hydrogens (primary N) is 1. The summed E-state index contributed by atoms with van der Waals surface area (Å²) in [5.74, 6) is -0.291. The molecule has 0 aliphatic rings. The molecule has 0 bridgehead atoms. The maximum absolute atomic E-state index is 12.7. The van der Waals surface area contributed by atoms with E-state index in [1.165, 1.54) is 12.1 Å². The largest absolute Gasteiger partial charge is 0.399 e. The van der Waals surface area contributed by atoms with Gasteiger partial charge in [-0.3, -0.25) is 0 Å². The molecule has 2 N–H and O–H groups in total. The van der Waals surface area contributed by atoms with Crippen molar-refractivity contribution in [2.75, 3.05) is 19.5 Å². The molecular formula is C9H12FNO. The third-order valence-electron chi connectivity index (χ3n) is 1.57. The SMILES string of the molecule is COCCc1cc(N)cc(F)c1. The number of rotatable bonds is 3. The minimum atomic E-state index is -0.291. The predicted molar refractivity (Wildman–Crippen MR) is 46.4 cm³/mol. The van der Waals surface area contributed by atoms with Crippen molar-refractivity contribution in [3.63, 3.8) is 0 Å². The quantitative estimate of drug-likeness (QED) is 0.697. The Balaban J connectivity index is 2.72. The minimum absolute atomic E-state index is 0.291. The maximum Gasteiger partial charge on any atom is 0.125 e. The van der Waals surface area contributed by atoms with Gasteiger partial charge in [-0.2, -0.15) is 0 Å². The number of hydrogen-bond donors (Lipinski definition) is 1. The van der Waals surface area contributed by atoms with Gasteiger partial charge in [0.2, 0.25) is 0 Å². The summed E-state index contributed by atoms with van der Waals surface area (Å²) in [5.41, 5.74) is 6.78. The predicted octanol–water partition coefficient (Wildman–Crippen LogP) is 1.60. The van der Waals surface area contributed by atoms with E-state index in [4.69, 9.17) is 10.5 Å². The van der Waals surface area contributed by atoms with Crippen molar-refractivity contribution >= 4 is 5.69 Å². The highest BCUT2D eigenvalue weighted by molar-refractivity contribution is 5.41. The Bertz CT molecular complexity index is 242. The van der Waals surface area contributed by atoms with Gasteiger partial charge >= 0.3 is 0 Å². The molecule has 1 aromatic carbocycles. The highest BCUT2D eigenvalue weighted by atomic mass is 19.1. The van der Waals surface area contributed by atoms with E-state index in [0.29, 0.717) is 18.7 Å². The molecule has 0 unspecified atom stereocenters. The van der Waals surface area contributed by atoms with Crippen molar-refractivity contribution in [2.24, 2.45) is 0 Å². The van der Waals surface area contributed by atoms with Crippen molar-refractivity contribution in [3.8, 4) is 0 Å². The van der Waals surface area contributed by atoms with E-state index < -0.39 is 0 Å². The molecule has 0 fully saturated rings. The van der Waals surface area contributed by atoms with Crippen molar-refractivity contribution in [2.45, 2.75) is 6.42 Å². The third kappa shape index (κ3) is 2.51. The summed E-state index contributed by atoms with van der Waals surface area (Å²) >= 11 is 0. The zero-order valence-electron chi connectivity index (χ0n) is 7.01. The van der Waals surface area contributed by atoms with Crippen molar-refractivity contribution in [3.05, 3.63) is 29.6 Å². The number of methoxy groups -OCH3 is 1. The number of halogens is 1. The summed E-state index contributed by atoms with van der Waals surface area (Å²) in [7, 11) is 1.61. The molecule has 1 rings (SSSR count). The van der Waals surface area contributed by atoms with Gasteiger partial charge in [-0.1, -0.05) is 0 Å². The highest BCUT2D eigenvalue weighted by Gasteiger charge is 1.97. The Morgan fingerprint density at radius 2 is 2.17 bits per heavy atom. The number of ether oxygens (including phenoxy) is 1. The summed E-state index contributed by atoms with van der Waals surface area (Å²) < 4.78 is 17.6. The third-order valence-corrected chi connectivity index (χ3v) is 1.57. The molecule has 0 amide bonds. The van der Waals surface area contributed by atoms with Crippen LogP contribution in [0.15, 0.2) is 18.2 Å². The molecule has 0 aliphatic carbocycles. The van der Waals surface area contributed by atoms with Crippen LogP contribution in [-0.2, 0) is 11.2 Å². The lowest BCUT2D eigenvalue weighted by molar-refractivity contribution is 0.202. The summed E-state index contributed by atoms with van der Waals surface area (Å²) in [5, 5.41) is 0. The molecule has 0 spiro atoms. The molecule has 0 aromatic heterocycles. The Morgan fingerprint density at radius 1 is 1.42 bits per heavy atom. The van der Waals surface area contributed by atoms with E-state index in [1.807, 2.05) is 0 Å². The number of benzene rings is 1. The molecule has 12 heavy (non-hydrogen) atoms. The van der Waals surface area contributed by atoms with E-state index in [2.05, 4.69) is 0 Å². The second kappa shape index (κ2) is 4.07. The van der Waals surface area contributed by atoms with Gasteiger partial charge < -0.3 is 10.5 Å². The van der Waals surface area contributed by atoms with Gasteiger partial charge in [0.25, 0.3) is 0 Å². The van der Waals surface area contributed by atoms with E-state index in [9.17, 15) is 4.39 Å². The number of nitrogen functional groups attached to an aromatic ring is 1. The van der Waals surface area contributed by atoms with Gasteiger partial charge in [-0.05, 0) is 30.2 Å². The second-order valence-electron chi connectivity index (χ2n) is 2.64. The maximum atomic E-state index is 12.7. The van der Waals surface area contributed by atoms with E-state index in [-0.39, 0.29) is 5.82 Å². The molecular weight excluding hydrogens is 157 g/mol. The van der Waals surface area contributed by atoms with Gasteiger partial charge in [0, 0.05) is 12.8 Å². The second-order valence-corrected chi connectivity index (χ2v) is 2.64. The summed E-state index contributed by atoms with van der Waals surface area (Å²) in [4.78, 5) is 0. The fraction of sp³-hybridized carbons (Fsp3) is 0.333. The fourth-order valence-electron chi connectivity index (χ4n) is 1.04. The smallest absolute Gasteiger partial charge is 0.125 e. The number of anilines is 1. The minimum Gasteiger partial charge on any atom is -0.399 e. The lowest BCUT2D eigenvalue weighted by atomic mass is 10.1. The molecule has 0 saturated carbocycles. The Kier molecular flexibility index (Phi) is 3.05. The van der Waals surface area contributed by atoms with Crippen LogP contribution in [0.4, 0.5) is 10.1 Å². The molecule has 2 nitrogen and oxygen atoms in total. The summed E-state index contributed by atoms with van der Waals surface area (Å²) in [6.45, 7) is 0.586. The topological polar surface area (TPSA) is 35.2 Å². The van der Waals surface area contributed by atoms with Gasteiger partial charge in [0.05, 0.1) is 6.61 Å². The van der Waals surface area contributed by atoms with Crippen molar-refractivity contribution < 1.29 is 9.13 Å². The normalized spacial score (nSPS) is 10.2. The first kappa shape index (κ1) is 9.00. The van der Waals surface area contributed by atoms with Crippen LogP contribution in [0.3, 0.4) is 0 Å². The molecule has 0 radical (unpaired) electrons. The highest BCUT2D eigenvalue weighted by Crippen LogP contribution is 2.10. The van der Waals surface area contributed by atoms with Crippen molar-refractivity contribution in [1.29, 1.82) is 0 Å². The number of hydrogen-bond acceptors (Lipinski definition) is 2. The molecule has 66 valence electrons. The molecule has 0 aliphatic heterocycles. The van der Waals surface area contributed by atoms with Crippen LogP contribution in [-0.4, -0.2) is 13.7 Å². The van der Waals surface area contributed by atoms with Crippen molar-refractivity contribution in [1.82, 2.24) is 0 Å².